The second-order valence-corrected chi connectivity index (χ2v) is 10.8. The number of amides is 1. The largest absolute Gasteiger partial charge is 0.474 e. The van der Waals surface area contributed by atoms with E-state index in [1.54, 1.807) is 62.5 Å². The molecule has 2 fully saturated rings. The number of halogens is 3. The molecule has 1 saturated heterocycles. The predicted octanol–water partition coefficient (Wildman–Crippen LogP) is 3.79. The molecule has 2 N–H and O–H groups in total. The number of carbonyl (C=O) groups is 1. The second-order valence-electron chi connectivity index (χ2n) is 10.8. The van der Waals surface area contributed by atoms with Gasteiger partial charge in [-0.25, -0.2) is 32.8 Å². The highest BCUT2D eigenvalue weighted by atomic mass is 19.2. The summed E-state index contributed by atoms with van der Waals surface area (Å²) in [5.74, 6) is -2.78. The third-order valence-corrected chi connectivity index (χ3v) is 7.38. The number of pyridine rings is 1. The zero-order valence-corrected chi connectivity index (χ0v) is 22.0. The molecule has 1 aliphatic heterocycles. The van der Waals surface area contributed by atoms with Crippen LogP contribution in [-0.2, 0) is 5.54 Å². The zero-order valence-electron chi connectivity index (χ0n) is 22.0. The molecule has 6 rings (SSSR count). The fraction of sp³-hybridized carbons (Fsp3) is 0.321. The molecule has 4 heterocycles. The van der Waals surface area contributed by atoms with E-state index in [0.717, 1.165) is 6.07 Å². The van der Waals surface area contributed by atoms with Crippen LogP contribution in [0.4, 0.5) is 13.2 Å². The topological polar surface area (TPSA) is 112 Å². The van der Waals surface area contributed by atoms with Crippen molar-refractivity contribution in [2.24, 2.45) is 17.6 Å². The summed E-state index contributed by atoms with van der Waals surface area (Å²) in [6, 6.07) is 6.17. The summed E-state index contributed by atoms with van der Waals surface area (Å²) in [5, 5.41) is 4.38. The minimum absolute atomic E-state index is 0.0833. The lowest BCUT2D eigenvalue weighted by Crippen LogP contribution is -2.33. The van der Waals surface area contributed by atoms with E-state index in [1.807, 2.05) is 0 Å². The Hall–Kier alpha value is -4.32. The van der Waals surface area contributed by atoms with Gasteiger partial charge in [0.25, 0.3) is 5.91 Å². The van der Waals surface area contributed by atoms with Gasteiger partial charge in [-0.2, -0.15) is 5.10 Å². The minimum atomic E-state index is -1.28. The van der Waals surface area contributed by atoms with Crippen molar-refractivity contribution in [3.8, 4) is 23.1 Å². The van der Waals surface area contributed by atoms with Gasteiger partial charge in [0.15, 0.2) is 11.6 Å². The number of piperidine rings is 1. The lowest BCUT2D eigenvalue weighted by Gasteiger charge is -2.22. The van der Waals surface area contributed by atoms with E-state index < -0.39 is 23.0 Å². The van der Waals surface area contributed by atoms with Crippen LogP contribution in [0, 0.1) is 36.2 Å². The third kappa shape index (κ3) is 4.68. The summed E-state index contributed by atoms with van der Waals surface area (Å²) >= 11 is 0. The molecule has 1 aromatic carbocycles. The van der Waals surface area contributed by atoms with Crippen LogP contribution in [0.1, 0.15) is 35.5 Å². The maximum absolute atomic E-state index is 14.6. The molecular formula is C28H26F3N7O2. The number of nitrogens with zero attached hydrogens (tertiary/aromatic N) is 6. The fourth-order valence-corrected chi connectivity index (χ4v) is 5.10. The quantitative estimate of drug-likeness (QED) is 0.364. The van der Waals surface area contributed by atoms with Crippen LogP contribution in [0.15, 0.2) is 48.9 Å². The summed E-state index contributed by atoms with van der Waals surface area (Å²) in [7, 11) is 0. The number of hydrogen-bond donors (Lipinski definition) is 1. The number of aryl methyl sites for hydroxylation is 1. The van der Waals surface area contributed by atoms with Gasteiger partial charge in [0.05, 0.1) is 17.0 Å². The summed E-state index contributed by atoms with van der Waals surface area (Å²) in [5.41, 5.74) is 6.99. The van der Waals surface area contributed by atoms with Crippen molar-refractivity contribution in [2.75, 3.05) is 13.1 Å². The predicted molar refractivity (Wildman–Crippen MR) is 138 cm³/mol. The van der Waals surface area contributed by atoms with Crippen molar-refractivity contribution in [1.29, 1.82) is 0 Å². The molecule has 1 aliphatic carbocycles. The van der Waals surface area contributed by atoms with Gasteiger partial charge in [0, 0.05) is 66.8 Å². The number of likely N-dealkylation sites (tertiary alicyclic amines) is 1. The molecule has 1 saturated carbocycles. The van der Waals surface area contributed by atoms with Crippen LogP contribution in [0.2, 0.25) is 0 Å². The molecule has 0 radical (unpaired) electrons. The van der Waals surface area contributed by atoms with Crippen molar-refractivity contribution in [1.82, 2.24) is 29.6 Å². The third-order valence-electron chi connectivity index (χ3n) is 7.38. The molecule has 4 aromatic rings. The molecule has 2 aliphatic rings. The van der Waals surface area contributed by atoms with Crippen molar-refractivity contribution in [2.45, 2.75) is 32.4 Å². The Morgan fingerprint density at radius 3 is 2.38 bits per heavy atom. The van der Waals surface area contributed by atoms with Gasteiger partial charge in [-0.05, 0) is 44.5 Å². The van der Waals surface area contributed by atoms with Crippen molar-refractivity contribution in [3.05, 3.63) is 83.2 Å². The fourth-order valence-electron chi connectivity index (χ4n) is 5.10. The van der Waals surface area contributed by atoms with E-state index in [2.05, 4.69) is 20.1 Å². The van der Waals surface area contributed by atoms with Crippen molar-refractivity contribution in [3.63, 3.8) is 0 Å². The Kier molecular flexibility index (Phi) is 6.10. The lowest BCUT2D eigenvalue weighted by molar-refractivity contribution is 0.0751. The van der Waals surface area contributed by atoms with Crippen LogP contribution in [0.25, 0.3) is 17.2 Å². The van der Waals surface area contributed by atoms with E-state index in [1.165, 1.54) is 4.68 Å². The number of ether oxygens (including phenoxy) is 1. The molecule has 1 unspecified atom stereocenters. The Morgan fingerprint density at radius 1 is 1.02 bits per heavy atom. The van der Waals surface area contributed by atoms with E-state index >= 15 is 0 Å². The number of fused-ring (bicyclic) bond motifs is 1. The Bertz CT molecular complexity index is 1610. The second kappa shape index (κ2) is 9.40. The first-order valence-corrected chi connectivity index (χ1v) is 12.8. The molecule has 12 heteroatoms. The Morgan fingerprint density at radius 2 is 1.70 bits per heavy atom. The average molecular weight is 550 g/mol. The Balaban J connectivity index is 1.18. The standard InChI is InChI=1S/C28H26F3N7O2/c1-14-17(13-38(36-14)27-33-5-4-6-34-27)26(39)37-11-18-19(12-37)25(18)40-24-8-15(28(2,3)32)7-23(35-24)16-9-21(30)22(31)10-20(16)29/h4-10,13,18-19,25H,11-12,32H2,1-3H3/t18-,19+,25?. The van der Waals surface area contributed by atoms with Gasteiger partial charge in [-0.15, -0.1) is 0 Å². The molecule has 0 bridgehead atoms. The van der Waals surface area contributed by atoms with Crippen LogP contribution in [-0.4, -0.2) is 54.7 Å². The van der Waals surface area contributed by atoms with Gasteiger partial charge in [0.1, 0.15) is 11.9 Å². The molecule has 3 aromatic heterocycles. The summed E-state index contributed by atoms with van der Waals surface area (Å²) in [4.78, 5) is 27.7. The number of nitrogens with two attached hydrogens (primary N) is 1. The smallest absolute Gasteiger partial charge is 0.257 e. The summed E-state index contributed by atoms with van der Waals surface area (Å²) < 4.78 is 49.7. The maximum Gasteiger partial charge on any atom is 0.257 e. The van der Waals surface area contributed by atoms with E-state index in [4.69, 9.17) is 10.5 Å². The molecular weight excluding hydrogens is 523 g/mol. The highest BCUT2D eigenvalue weighted by Gasteiger charge is 2.59. The van der Waals surface area contributed by atoms with E-state index in [9.17, 15) is 18.0 Å². The normalized spacial score (nSPS) is 20.0. The highest BCUT2D eigenvalue weighted by molar-refractivity contribution is 5.95. The summed E-state index contributed by atoms with van der Waals surface area (Å²) in [6.45, 7) is 6.28. The number of hydrogen-bond acceptors (Lipinski definition) is 7. The molecule has 3 atom stereocenters. The van der Waals surface area contributed by atoms with Gasteiger partial charge < -0.3 is 15.4 Å². The minimum Gasteiger partial charge on any atom is -0.474 e. The zero-order chi connectivity index (χ0) is 28.3. The maximum atomic E-state index is 14.6. The van der Waals surface area contributed by atoms with E-state index in [-0.39, 0.29) is 41.0 Å². The van der Waals surface area contributed by atoms with E-state index in [0.29, 0.717) is 41.9 Å². The lowest BCUT2D eigenvalue weighted by atomic mass is 9.94. The van der Waals surface area contributed by atoms with Gasteiger partial charge in [-0.3, -0.25) is 4.79 Å². The van der Waals surface area contributed by atoms with Gasteiger partial charge in [-0.1, -0.05) is 0 Å². The SMILES string of the molecule is Cc1nn(-c2ncccn2)cc1C(=O)N1C[C@@H]2C(Oc3cc(C(C)(C)N)cc(-c4cc(F)c(F)cc4F)n3)[C@@H]2C1. The molecule has 9 nitrogen and oxygen atoms in total. The van der Waals surface area contributed by atoms with Crippen molar-refractivity contribution >= 4 is 5.91 Å². The number of benzene rings is 1. The molecule has 40 heavy (non-hydrogen) atoms. The first-order valence-electron chi connectivity index (χ1n) is 12.8. The Labute approximate surface area is 227 Å². The van der Waals surface area contributed by atoms with Crippen LogP contribution in [0.5, 0.6) is 5.88 Å². The number of carbonyl (C=O) groups excluding carboxylic acids is 1. The summed E-state index contributed by atoms with van der Waals surface area (Å²) in [6.07, 6.45) is 4.64. The van der Waals surface area contributed by atoms with Crippen LogP contribution >= 0.6 is 0 Å². The molecule has 0 spiro atoms. The van der Waals surface area contributed by atoms with Crippen LogP contribution in [0.3, 0.4) is 0 Å². The molecule has 206 valence electrons. The number of aromatic nitrogens is 5. The molecule has 1 amide bonds. The van der Waals surface area contributed by atoms with Gasteiger partial charge >= 0.3 is 0 Å². The first-order chi connectivity index (χ1) is 19.0. The highest BCUT2D eigenvalue weighted by Crippen LogP contribution is 2.48. The van der Waals surface area contributed by atoms with Crippen LogP contribution < -0.4 is 10.5 Å². The van der Waals surface area contributed by atoms with Gasteiger partial charge in [0.2, 0.25) is 11.8 Å². The average Bonchev–Trinajstić information content (AvgIpc) is 3.22. The monoisotopic (exact) mass is 549 g/mol. The van der Waals surface area contributed by atoms with Crippen molar-refractivity contribution < 1.29 is 22.7 Å². The first kappa shape index (κ1) is 25.9. The number of rotatable bonds is 6.